The fraction of sp³-hybridized carbons (Fsp3) is 0.214. The Balaban J connectivity index is 2.50. The van der Waals surface area contributed by atoms with Crippen LogP contribution in [0.25, 0.3) is 0 Å². The third kappa shape index (κ3) is 5.56. The van der Waals surface area contributed by atoms with Crippen molar-refractivity contribution in [3.05, 3.63) is 41.5 Å². The van der Waals surface area contributed by atoms with E-state index in [-0.39, 0.29) is 29.5 Å². The Morgan fingerprint density at radius 1 is 1.29 bits per heavy atom. The van der Waals surface area contributed by atoms with Gasteiger partial charge in [0.05, 0.1) is 13.0 Å². The maximum absolute atomic E-state index is 11.7. The molecule has 0 bridgehead atoms. The SMILES string of the molecule is CCOC(=O)C(=C=N)C(=S)NNC(=O)Cc1ccccc1. The van der Waals surface area contributed by atoms with Gasteiger partial charge in [-0.2, -0.15) is 0 Å². The van der Waals surface area contributed by atoms with Gasteiger partial charge in [-0.3, -0.25) is 21.1 Å². The molecule has 1 rings (SSSR count). The Kier molecular flexibility index (Phi) is 6.80. The highest BCUT2D eigenvalue weighted by Gasteiger charge is 2.16. The van der Waals surface area contributed by atoms with Gasteiger partial charge in [0, 0.05) is 0 Å². The molecule has 0 saturated heterocycles. The molecular formula is C14H15N3O3S. The maximum Gasteiger partial charge on any atom is 0.350 e. The summed E-state index contributed by atoms with van der Waals surface area (Å²) in [7, 11) is 0. The summed E-state index contributed by atoms with van der Waals surface area (Å²) in [6, 6.07) is 9.16. The average Bonchev–Trinajstić information content (AvgIpc) is 2.47. The van der Waals surface area contributed by atoms with Crippen LogP contribution in [0.4, 0.5) is 0 Å². The molecule has 0 spiro atoms. The second kappa shape index (κ2) is 8.63. The minimum atomic E-state index is -0.762. The van der Waals surface area contributed by atoms with E-state index in [1.54, 1.807) is 6.92 Å². The number of carbonyl (C=O) groups excluding carboxylic acids is 2. The minimum absolute atomic E-state index is 0.120. The first-order valence-electron chi connectivity index (χ1n) is 6.18. The Hall–Kier alpha value is -2.50. The van der Waals surface area contributed by atoms with Crippen LogP contribution in [-0.4, -0.2) is 29.3 Å². The van der Waals surface area contributed by atoms with Crippen LogP contribution >= 0.6 is 12.2 Å². The molecule has 21 heavy (non-hydrogen) atoms. The number of amides is 1. The zero-order valence-corrected chi connectivity index (χ0v) is 12.3. The number of thiocarbonyl (C=S) groups is 1. The predicted octanol–water partition coefficient (Wildman–Crippen LogP) is 0.915. The van der Waals surface area contributed by atoms with Crippen molar-refractivity contribution in [3.63, 3.8) is 0 Å². The summed E-state index contributed by atoms with van der Waals surface area (Å²) in [5.74, 6) is 0.813. The number of nitrogens with one attached hydrogen (secondary N) is 3. The summed E-state index contributed by atoms with van der Waals surface area (Å²) < 4.78 is 4.72. The number of hydrogen-bond acceptors (Lipinski definition) is 5. The first-order chi connectivity index (χ1) is 10.1. The van der Waals surface area contributed by atoms with Crippen molar-refractivity contribution in [2.45, 2.75) is 13.3 Å². The van der Waals surface area contributed by atoms with E-state index in [1.807, 2.05) is 36.2 Å². The molecule has 0 saturated carbocycles. The molecule has 7 heteroatoms. The molecule has 0 aliphatic rings. The Morgan fingerprint density at radius 3 is 2.52 bits per heavy atom. The van der Waals surface area contributed by atoms with Crippen molar-refractivity contribution in [2.24, 2.45) is 0 Å². The van der Waals surface area contributed by atoms with Gasteiger partial charge >= 0.3 is 5.97 Å². The molecular weight excluding hydrogens is 290 g/mol. The number of esters is 1. The summed E-state index contributed by atoms with van der Waals surface area (Å²) in [5, 5.41) is 7.04. The van der Waals surface area contributed by atoms with Gasteiger partial charge in [0.1, 0.15) is 4.99 Å². The van der Waals surface area contributed by atoms with E-state index in [9.17, 15) is 9.59 Å². The zero-order chi connectivity index (χ0) is 15.7. The zero-order valence-electron chi connectivity index (χ0n) is 11.4. The monoisotopic (exact) mass is 305 g/mol. The number of benzene rings is 1. The topological polar surface area (TPSA) is 91.3 Å². The van der Waals surface area contributed by atoms with Crippen molar-refractivity contribution >= 4 is 35.0 Å². The van der Waals surface area contributed by atoms with Crippen molar-refractivity contribution < 1.29 is 14.3 Å². The highest BCUT2D eigenvalue weighted by Crippen LogP contribution is 1.99. The number of ether oxygens (including phenoxy) is 1. The molecule has 110 valence electrons. The first-order valence-corrected chi connectivity index (χ1v) is 6.59. The van der Waals surface area contributed by atoms with Crippen LogP contribution in [0, 0.1) is 5.41 Å². The van der Waals surface area contributed by atoms with E-state index >= 15 is 0 Å². The summed E-state index contributed by atoms with van der Waals surface area (Å²) in [6.07, 6.45) is 0.166. The molecule has 6 nitrogen and oxygen atoms in total. The lowest BCUT2D eigenvalue weighted by atomic mass is 10.1. The summed E-state index contributed by atoms with van der Waals surface area (Å²) >= 11 is 4.90. The molecule has 0 aliphatic carbocycles. The highest BCUT2D eigenvalue weighted by atomic mass is 32.1. The van der Waals surface area contributed by atoms with Crippen LogP contribution in [0.15, 0.2) is 35.9 Å². The van der Waals surface area contributed by atoms with Crippen LogP contribution < -0.4 is 10.9 Å². The second-order valence-corrected chi connectivity index (χ2v) is 4.29. The van der Waals surface area contributed by atoms with Crippen LogP contribution in [0.3, 0.4) is 0 Å². The molecule has 0 atom stereocenters. The van der Waals surface area contributed by atoms with E-state index in [0.717, 1.165) is 5.56 Å². The first kappa shape index (κ1) is 16.6. The summed E-state index contributed by atoms with van der Waals surface area (Å²) in [5.41, 5.74) is 5.36. The largest absolute Gasteiger partial charge is 0.462 e. The summed E-state index contributed by atoms with van der Waals surface area (Å²) in [4.78, 5) is 23.0. The van der Waals surface area contributed by atoms with Crippen molar-refractivity contribution in [1.29, 1.82) is 5.41 Å². The van der Waals surface area contributed by atoms with Gasteiger partial charge in [-0.15, -0.1) is 0 Å². The van der Waals surface area contributed by atoms with Gasteiger partial charge in [-0.1, -0.05) is 42.5 Å². The standard InChI is InChI=1S/C14H15N3O3S/c1-2-20-14(19)11(9-15)13(21)17-16-12(18)8-10-6-4-3-5-7-10/h3-7,15H,2,8H2,1H3,(H,16,18)(H,17,21). The fourth-order valence-corrected chi connectivity index (χ4v) is 1.60. The van der Waals surface area contributed by atoms with Crippen LogP contribution in [0.5, 0.6) is 0 Å². The second-order valence-electron chi connectivity index (χ2n) is 3.89. The quantitative estimate of drug-likeness (QED) is 0.247. The number of hydrogen-bond donors (Lipinski definition) is 3. The fourth-order valence-electron chi connectivity index (χ4n) is 1.42. The molecule has 0 aromatic heterocycles. The molecule has 0 fully saturated rings. The van der Waals surface area contributed by atoms with Gasteiger partial charge < -0.3 is 4.74 Å². The van der Waals surface area contributed by atoms with Crippen molar-refractivity contribution in [1.82, 2.24) is 10.9 Å². The van der Waals surface area contributed by atoms with E-state index < -0.39 is 5.97 Å². The van der Waals surface area contributed by atoms with E-state index in [4.69, 9.17) is 22.4 Å². The van der Waals surface area contributed by atoms with E-state index in [2.05, 4.69) is 10.9 Å². The van der Waals surface area contributed by atoms with Gasteiger partial charge in [-0.25, -0.2) is 4.79 Å². The molecule has 0 heterocycles. The molecule has 3 N–H and O–H groups in total. The maximum atomic E-state index is 11.7. The predicted molar refractivity (Wildman–Crippen MR) is 81.9 cm³/mol. The Morgan fingerprint density at radius 2 is 1.95 bits per heavy atom. The lowest BCUT2D eigenvalue weighted by molar-refractivity contribution is -0.137. The lowest BCUT2D eigenvalue weighted by Crippen LogP contribution is -2.43. The van der Waals surface area contributed by atoms with Gasteiger partial charge in [0.25, 0.3) is 0 Å². The molecule has 0 radical (unpaired) electrons. The minimum Gasteiger partial charge on any atom is -0.462 e. The highest BCUT2D eigenvalue weighted by molar-refractivity contribution is 7.80. The van der Waals surface area contributed by atoms with Crippen molar-refractivity contribution in [3.8, 4) is 0 Å². The molecule has 1 amide bonds. The Labute approximate surface area is 127 Å². The van der Waals surface area contributed by atoms with Crippen molar-refractivity contribution in [2.75, 3.05) is 6.61 Å². The number of carbonyl (C=O) groups is 2. The number of hydrazine groups is 1. The Bertz CT molecular complexity index is 580. The van der Waals surface area contributed by atoms with Crippen LogP contribution in [0.1, 0.15) is 12.5 Å². The third-order valence-electron chi connectivity index (χ3n) is 2.35. The molecule has 1 aromatic carbocycles. The lowest BCUT2D eigenvalue weighted by Gasteiger charge is -2.10. The van der Waals surface area contributed by atoms with Gasteiger partial charge in [-0.05, 0) is 18.4 Å². The molecule has 1 aromatic rings. The summed E-state index contributed by atoms with van der Waals surface area (Å²) in [6.45, 7) is 1.80. The van der Waals surface area contributed by atoms with Crippen LogP contribution in [0.2, 0.25) is 0 Å². The van der Waals surface area contributed by atoms with E-state index in [1.165, 1.54) is 0 Å². The molecule has 0 unspecified atom stereocenters. The van der Waals surface area contributed by atoms with E-state index in [0.29, 0.717) is 0 Å². The third-order valence-corrected chi connectivity index (χ3v) is 2.66. The van der Waals surface area contributed by atoms with Crippen LogP contribution in [-0.2, 0) is 20.7 Å². The average molecular weight is 305 g/mol. The van der Waals surface area contributed by atoms with Gasteiger partial charge in [0.2, 0.25) is 5.91 Å². The van der Waals surface area contributed by atoms with Gasteiger partial charge in [0.15, 0.2) is 5.57 Å². The number of rotatable bonds is 5. The normalized spacial score (nSPS) is 9.19. The smallest absolute Gasteiger partial charge is 0.350 e. The molecule has 0 aliphatic heterocycles.